The summed E-state index contributed by atoms with van der Waals surface area (Å²) in [7, 11) is 0. The molecule has 5 heterocycles. The smallest absolute Gasteiger partial charge is 0.323 e. The van der Waals surface area contributed by atoms with Gasteiger partial charge in [0.2, 0.25) is 5.91 Å². The van der Waals surface area contributed by atoms with Crippen LogP contribution in [0.5, 0.6) is 5.75 Å². The quantitative estimate of drug-likeness (QED) is 0.0591. The number of aromatic nitrogens is 6. The number of nitrogens with one attached hydrogen (secondary N) is 4. The van der Waals surface area contributed by atoms with Crippen LogP contribution in [0.2, 0.25) is 5.02 Å². The Balaban J connectivity index is 0.708. The number of ether oxygens (including phenoxy) is 4. The van der Waals surface area contributed by atoms with Crippen molar-refractivity contribution < 1.29 is 23.7 Å². The largest absolute Gasteiger partial charge is 0.491 e. The fourth-order valence-electron chi connectivity index (χ4n) is 7.05. The third kappa shape index (κ3) is 10.1. The van der Waals surface area contributed by atoms with E-state index in [0.29, 0.717) is 75.1 Å². The molecule has 15 nitrogen and oxygen atoms in total. The lowest BCUT2D eigenvalue weighted by molar-refractivity contribution is -0.116. The van der Waals surface area contributed by atoms with Gasteiger partial charge >= 0.3 is 5.69 Å². The Kier molecular flexibility index (Phi) is 13.5. The molecule has 1 aliphatic heterocycles. The number of hydrogen-bond donors (Lipinski definition) is 4. The number of aromatic amines is 2. The molecule has 0 unspecified atom stereocenters. The van der Waals surface area contributed by atoms with Gasteiger partial charge in [0.1, 0.15) is 35.0 Å². The van der Waals surface area contributed by atoms with Crippen LogP contribution < -0.4 is 21.1 Å². The lowest BCUT2D eigenvalue weighted by Gasteiger charge is -2.13. The minimum absolute atomic E-state index is 0.0710. The van der Waals surface area contributed by atoms with Crippen LogP contribution in [0, 0.1) is 20.8 Å². The SMILES string of the molecule is Cc1sc2c(c1C)C(c1ccc(Cl)cc1)=N[C@@H](CC(=O)Nc1ccc(OCCOCCOCCOCCNc3ccc(-c4ccc5[nH]c(=O)[nH]c5c4)cn3)cc1)c1nnc(C)n1-2. The normalized spacial score (nSPS) is 13.4. The number of hydrogen-bond acceptors (Lipinski definition) is 12. The molecule has 4 N–H and O–H groups in total. The zero-order chi connectivity index (χ0) is 43.0. The summed E-state index contributed by atoms with van der Waals surface area (Å²) in [6.45, 7) is 9.80. The van der Waals surface area contributed by atoms with E-state index in [0.717, 1.165) is 61.2 Å². The van der Waals surface area contributed by atoms with Crippen molar-refractivity contribution in [2.75, 3.05) is 63.4 Å². The zero-order valence-electron chi connectivity index (χ0n) is 34.5. The number of benzene rings is 3. The predicted molar refractivity (Wildman–Crippen MR) is 242 cm³/mol. The number of amides is 1. The van der Waals surface area contributed by atoms with E-state index in [4.69, 9.17) is 35.5 Å². The van der Waals surface area contributed by atoms with Crippen LogP contribution in [0.25, 0.3) is 27.2 Å². The average molecular weight is 876 g/mol. The highest BCUT2D eigenvalue weighted by molar-refractivity contribution is 7.15. The van der Waals surface area contributed by atoms with Crippen molar-refractivity contribution >= 4 is 57.1 Å². The van der Waals surface area contributed by atoms with Crippen LogP contribution in [0.3, 0.4) is 0 Å². The number of halogens is 1. The van der Waals surface area contributed by atoms with Crippen LogP contribution in [0.15, 0.2) is 94.8 Å². The number of imidazole rings is 1. The number of thiophene rings is 1. The number of aryl methyl sites for hydroxylation is 2. The van der Waals surface area contributed by atoms with Gasteiger partial charge in [0, 0.05) is 45.0 Å². The number of carbonyl (C=O) groups is 1. The number of carbonyl (C=O) groups excluding carboxylic acids is 1. The summed E-state index contributed by atoms with van der Waals surface area (Å²) in [6, 6.07) is 23.9. The summed E-state index contributed by atoms with van der Waals surface area (Å²) in [5.41, 5.74) is 7.73. The minimum atomic E-state index is -0.570. The number of H-pyrrole nitrogens is 2. The van der Waals surface area contributed by atoms with E-state index in [-0.39, 0.29) is 18.0 Å². The van der Waals surface area contributed by atoms with Crippen LogP contribution in [0.1, 0.15) is 45.7 Å². The molecular weight excluding hydrogens is 830 g/mol. The van der Waals surface area contributed by atoms with Crippen LogP contribution >= 0.6 is 22.9 Å². The molecule has 0 saturated carbocycles. The molecule has 8 rings (SSSR count). The molecule has 17 heteroatoms. The molecule has 0 spiro atoms. The first-order valence-corrected chi connectivity index (χ1v) is 21.4. The van der Waals surface area contributed by atoms with E-state index in [1.54, 1.807) is 29.7 Å². The Bertz CT molecular complexity index is 2730. The molecule has 1 atom stereocenters. The standard InChI is InChI=1S/C45H46ClN9O6S/c1-27-28(2)62-44-41(27)42(30-4-8-33(46)9-5-30)50-38(43-54-53-29(3)55(43)44)25-40(56)49-34-10-12-35(13-11-34)61-23-22-60-21-20-59-19-18-58-17-16-47-39-15-7-32(26-48-39)31-6-14-36-37(24-31)52-45(57)51-36/h4-15,24,26,38H,16-23,25H2,1-3H3,(H,47,48)(H,49,56)(H2,51,52,57)/t38-/m0/s1. The first kappa shape index (κ1) is 42.5. The Morgan fingerprint density at radius 3 is 2.24 bits per heavy atom. The van der Waals surface area contributed by atoms with Gasteiger partial charge in [-0.3, -0.25) is 14.4 Å². The molecular formula is C45H46ClN9O6S. The summed E-state index contributed by atoms with van der Waals surface area (Å²) in [5, 5.41) is 16.8. The molecule has 320 valence electrons. The van der Waals surface area contributed by atoms with Gasteiger partial charge < -0.3 is 39.5 Å². The van der Waals surface area contributed by atoms with Gasteiger partial charge in [-0.25, -0.2) is 9.78 Å². The van der Waals surface area contributed by atoms with Crippen molar-refractivity contribution in [3.8, 4) is 21.9 Å². The van der Waals surface area contributed by atoms with Crippen molar-refractivity contribution in [2.24, 2.45) is 4.99 Å². The fraction of sp³-hybridized carbons (Fsp3) is 0.289. The molecule has 3 aromatic carbocycles. The predicted octanol–water partition coefficient (Wildman–Crippen LogP) is 7.60. The third-order valence-electron chi connectivity index (χ3n) is 10.3. The number of aliphatic imine (C=N–C) groups is 1. The van der Waals surface area contributed by atoms with E-state index in [1.807, 2.05) is 78.2 Å². The highest BCUT2D eigenvalue weighted by Gasteiger charge is 2.32. The number of rotatable bonds is 19. The first-order valence-electron chi connectivity index (χ1n) is 20.2. The monoisotopic (exact) mass is 875 g/mol. The number of pyridine rings is 1. The number of nitrogens with zero attached hydrogens (tertiary/aromatic N) is 5. The second-order valence-corrected chi connectivity index (χ2v) is 16.2. The lowest BCUT2D eigenvalue weighted by atomic mass is 9.99. The van der Waals surface area contributed by atoms with E-state index < -0.39 is 6.04 Å². The molecule has 7 aromatic rings. The van der Waals surface area contributed by atoms with Crippen molar-refractivity contribution in [2.45, 2.75) is 33.2 Å². The van der Waals surface area contributed by atoms with Crippen molar-refractivity contribution in [3.05, 3.63) is 134 Å². The Hall–Kier alpha value is -6.17. The molecule has 1 amide bonds. The maximum absolute atomic E-state index is 13.5. The molecule has 1 aliphatic rings. The summed E-state index contributed by atoms with van der Waals surface area (Å²) in [6.07, 6.45) is 1.87. The van der Waals surface area contributed by atoms with Gasteiger partial charge in [0.05, 0.1) is 62.8 Å². The molecule has 62 heavy (non-hydrogen) atoms. The maximum Gasteiger partial charge on any atom is 0.323 e. The number of anilines is 2. The highest BCUT2D eigenvalue weighted by Crippen LogP contribution is 2.40. The van der Waals surface area contributed by atoms with E-state index >= 15 is 0 Å². The van der Waals surface area contributed by atoms with Gasteiger partial charge in [-0.1, -0.05) is 29.8 Å². The van der Waals surface area contributed by atoms with Crippen molar-refractivity contribution in [1.82, 2.24) is 29.7 Å². The lowest BCUT2D eigenvalue weighted by Crippen LogP contribution is -2.17. The molecule has 0 bridgehead atoms. The second-order valence-electron chi connectivity index (χ2n) is 14.6. The zero-order valence-corrected chi connectivity index (χ0v) is 36.1. The molecule has 4 aromatic heterocycles. The van der Waals surface area contributed by atoms with Gasteiger partial charge in [-0.05, 0) is 92.6 Å². The second kappa shape index (κ2) is 19.7. The molecule has 0 aliphatic carbocycles. The number of fused-ring (bicyclic) bond motifs is 4. The first-order chi connectivity index (χ1) is 30.2. The topological polar surface area (TPSA) is 183 Å². The summed E-state index contributed by atoms with van der Waals surface area (Å²) >= 11 is 7.91. The molecule has 0 saturated heterocycles. The maximum atomic E-state index is 13.5. The van der Waals surface area contributed by atoms with Gasteiger partial charge in [0.25, 0.3) is 0 Å². The Morgan fingerprint density at radius 2 is 1.50 bits per heavy atom. The van der Waals surface area contributed by atoms with Gasteiger partial charge in [-0.15, -0.1) is 21.5 Å². The van der Waals surface area contributed by atoms with E-state index in [9.17, 15) is 9.59 Å². The van der Waals surface area contributed by atoms with E-state index in [2.05, 4.69) is 49.6 Å². The molecule has 0 fully saturated rings. The summed E-state index contributed by atoms with van der Waals surface area (Å²) in [5.74, 6) is 2.57. The van der Waals surface area contributed by atoms with Gasteiger partial charge in [-0.2, -0.15) is 0 Å². The van der Waals surface area contributed by atoms with Crippen LogP contribution in [-0.2, 0) is 19.0 Å². The van der Waals surface area contributed by atoms with Crippen molar-refractivity contribution in [3.63, 3.8) is 0 Å². The Labute approximate surface area is 366 Å². The highest BCUT2D eigenvalue weighted by atomic mass is 35.5. The fourth-order valence-corrected chi connectivity index (χ4v) is 8.39. The summed E-state index contributed by atoms with van der Waals surface area (Å²) in [4.78, 5) is 41.4. The third-order valence-corrected chi connectivity index (χ3v) is 11.7. The van der Waals surface area contributed by atoms with Crippen LogP contribution in [0.4, 0.5) is 11.5 Å². The van der Waals surface area contributed by atoms with Crippen molar-refractivity contribution in [1.29, 1.82) is 0 Å². The molecule has 0 radical (unpaired) electrons. The van der Waals surface area contributed by atoms with Gasteiger partial charge in [0.15, 0.2) is 5.82 Å². The van der Waals surface area contributed by atoms with Crippen LogP contribution in [-0.4, -0.2) is 94.1 Å². The van der Waals surface area contributed by atoms with E-state index in [1.165, 1.54) is 4.88 Å². The summed E-state index contributed by atoms with van der Waals surface area (Å²) < 4.78 is 24.8. The Morgan fingerprint density at radius 1 is 0.806 bits per heavy atom. The average Bonchev–Trinajstić information content (AvgIpc) is 3.91. The minimum Gasteiger partial charge on any atom is -0.491 e.